The summed E-state index contributed by atoms with van der Waals surface area (Å²) >= 11 is 0. The molecule has 0 saturated carbocycles. The molecule has 130 valence electrons. The molecule has 2 amide bonds. The van der Waals surface area contributed by atoms with Gasteiger partial charge in [-0.15, -0.1) is 0 Å². The Balaban J connectivity index is 1.57. The van der Waals surface area contributed by atoms with Crippen LogP contribution in [0.2, 0.25) is 0 Å². The van der Waals surface area contributed by atoms with Gasteiger partial charge in [0.2, 0.25) is 0 Å². The van der Waals surface area contributed by atoms with E-state index >= 15 is 0 Å². The maximum Gasteiger partial charge on any atom is 0.322 e. The average Bonchev–Trinajstić information content (AvgIpc) is 2.64. The number of rotatable bonds is 5. The average molecular weight is 338 g/mol. The fraction of sp³-hybridized carbons (Fsp3) is 0.300. The number of aliphatic carboxylic acids is 1. The number of nitrogens with one attached hydrogen (secondary N) is 1. The van der Waals surface area contributed by atoms with E-state index in [0.717, 1.165) is 36.2 Å². The van der Waals surface area contributed by atoms with Gasteiger partial charge in [0.05, 0.1) is 0 Å². The minimum absolute atomic E-state index is 0.0814. The van der Waals surface area contributed by atoms with Crippen LogP contribution in [0, 0.1) is 0 Å². The third-order valence-corrected chi connectivity index (χ3v) is 4.45. The number of anilines is 1. The highest BCUT2D eigenvalue weighted by Gasteiger charge is 2.21. The summed E-state index contributed by atoms with van der Waals surface area (Å²) in [5.74, 6) is -0.793. The van der Waals surface area contributed by atoms with Crippen molar-refractivity contribution in [2.75, 3.05) is 11.4 Å². The van der Waals surface area contributed by atoms with Crippen LogP contribution in [-0.2, 0) is 24.2 Å². The lowest BCUT2D eigenvalue weighted by atomic mass is 10.0. The molecule has 1 aliphatic heterocycles. The van der Waals surface area contributed by atoms with Gasteiger partial charge in [0.15, 0.2) is 0 Å². The highest BCUT2D eigenvalue weighted by Crippen LogP contribution is 2.26. The quantitative estimate of drug-likeness (QED) is 0.878. The lowest BCUT2D eigenvalue weighted by molar-refractivity contribution is -0.136. The number of para-hydroxylation sites is 1. The largest absolute Gasteiger partial charge is 0.481 e. The summed E-state index contributed by atoms with van der Waals surface area (Å²) in [7, 11) is 0. The molecule has 0 unspecified atom stereocenters. The highest BCUT2D eigenvalue weighted by molar-refractivity contribution is 5.93. The molecule has 0 fully saturated rings. The number of fused-ring (bicyclic) bond motifs is 1. The third-order valence-electron chi connectivity index (χ3n) is 4.45. The van der Waals surface area contributed by atoms with E-state index in [4.69, 9.17) is 5.11 Å². The number of urea groups is 1. The molecular formula is C20H22N2O3. The van der Waals surface area contributed by atoms with E-state index < -0.39 is 5.97 Å². The SMILES string of the molecule is O=C(O)CCc1ccc(CNC(=O)N2CCCc3ccccc32)cc1. The number of carboxylic acid groups (broad SMARTS) is 1. The Bertz CT molecular complexity index is 756. The number of aryl methyl sites for hydroxylation is 2. The lowest BCUT2D eigenvalue weighted by Crippen LogP contribution is -2.42. The smallest absolute Gasteiger partial charge is 0.322 e. The maximum absolute atomic E-state index is 12.5. The summed E-state index contributed by atoms with van der Waals surface area (Å²) in [6.07, 6.45) is 2.64. The normalized spacial score (nSPS) is 13.2. The zero-order valence-electron chi connectivity index (χ0n) is 14.1. The molecule has 1 heterocycles. The van der Waals surface area contributed by atoms with Crippen LogP contribution in [-0.4, -0.2) is 23.7 Å². The van der Waals surface area contributed by atoms with Gasteiger partial charge in [0.25, 0.3) is 0 Å². The molecule has 0 aromatic heterocycles. The fourth-order valence-electron chi connectivity index (χ4n) is 3.09. The summed E-state index contributed by atoms with van der Waals surface area (Å²) in [6.45, 7) is 1.19. The van der Waals surface area contributed by atoms with Gasteiger partial charge in [-0.3, -0.25) is 9.69 Å². The van der Waals surface area contributed by atoms with Gasteiger partial charge in [0.1, 0.15) is 0 Å². The van der Waals surface area contributed by atoms with Crippen molar-refractivity contribution in [2.45, 2.75) is 32.2 Å². The van der Waals surface area contributed by atoms with Crippen LogP contribution in [0.25, 0.3) is 0 Å². The Morgan fingerprint density at radius 2 is 1.76 bits per heavy atom. The fourth-order valence-corrected chi connectivity index (χ4v) is 3.09. The van der Waals surface area contributed by atoms with E-state index in [1.165, 1.54) is 5.56 Å². The van der Waals surface area contributed by atoms with Crippen LogP contribution in [0.5, 0.6) is 0 Å². The van der Waals surface area contributed by atoms with Crippen molar-refractivity contribution < 1.29 is 14.7 Å². The first-order valence-electron chi connectivity index (χ1n) is 8.56. The Hall–Kier alpha value is -2.82. The van der Waals surface area contributed by atoms with Gasteiger partial charge < -0.3 is 10.4 Å². The van der Waals surface area contributed by atoms with Gasteiger partial charge in [-0.05, 0) is 42.0 Å². The molecule has 0 aliphatic carbocycles. The second-order valence-electron chi connectivity index (χ2n) is 6.25. The molecule has 25 heavy (non-hydrogen) atoms. The minimum Gasteiger partial charge on any atom is -0.481 e. The number of carbonyl (C=O) groups excluding carboxylic acids is 1. The van der Waals surface area contributed by atoms with E-state index in [1.54, 1.807) is 4.90 Å². The molecular weight excluding hydrogens is 316 g/mol. The van der Waals surface area contributed by atoms with Crippen LogP contribution in [0.15, 0.2) is 48.5 Å². The molecule has 1 aliphatic rings. The van der Waals surface area contributed by atoms with Crippen molar-refractivity contribution in [1.29, 1.82) is 0 Å². The molecule has 5 heteroatoms. The zero-order valence-corrected chi connectivity index (χ0v) is 14.1. The van der Waals surface area contributed by atoms with E-state index in [2.05, 4.69) is 11.4 Å². The number of benzene rings is 2. The van der Waals surface area contributed by atoms with E-state index in [9.17, 15) is 9.59 Å². The van der Waals surface area contributed by atoms with E-state index in [1.807, 2.05) is 42.5 Å². The van der Waals surface area contributed by atoms with Crippen molar-refractivity contribution in [2.24, 2.45) is 0 Å². The van der Waals surface area contributed by atoms with Crippen LogP contribution in [0.1, 0.15) is 29.5 Å². The second kappa shape index (κ2) is 7.83. The molecule has 2 aromatic carbocycles. The van der Waals surface area contributed by atoms with Crippen molar-refractivity contribution in [3.8, 4) is 0 Å². The molecule has 0 bridgehead atoms. The standard InChI is InChI=1S/C20H22N2O3/c23-19(24)12-11-15-7-9-16(10-8-15)14-21-20(25)22-13-3-5-17-4-1-2-6-18(17)22/h1-2,4,6-10H,3,5,11-14H2,(H,21,25)(H,23,24). The van der Waals surface area contributed by atoms with Crippen molar-refractivity contribution in [3.63, 3.8) is 0 Å². The van der Waals surface area contributed by atoms with Crippen LogP contribution in [0.4, 0.5) is 10.5 Å². The van der Waals surface area contributed by atoms with Gasteiger partial charge in [-0.25, -0.2) is 4.79 Å². The molecule has 0 spiro atoms. The lowest BCUT2D eigenvalue weighted by Gasteiger charge is -2.29. The first kappa shape index (κ1) is 17.0. The van der Waals surface area contributed by atoms with Crippen molar-refractivity contribution >= 4 is 17.7 Å². The summed E-state index contributed by atoms with van der Waals surface area (Å²) < 4.78 is 0. The Morgan fingerprint density at radius 1 is 1.04 bits per heavy atom. The van der Waals surface area contributed by atoms with Gasteiger partial charge in [-0.1, -0.05) is 42.5 Å². The van der Waals surface area contributed by atoms with Gasteiger partial charge in [-0.2, -0.15) is 0 Å². The number of hydrogen-bond acceptors (Lipinski definition) is 2. The Labute approximate surface area is 147 Å². The van der Waals surface area contributed by atoms with Crippen LogP contribution in [0.3, 0.4) is 0 Å². The Kier molecular flexibility index (Phi) is 5.33. The summed E-state index contributed by atoms with van der Waals surface area (Å²) in [6, 6.07) is 15.6. The molecule has 0 atom stereocenters. The highest BCUT2D eigenvalue weighted by atomic mass is 16.4. The number of carboxylic acids is 1. The molecule has 0 radical (unpaired) electrons. The summed E-state index contributed by atoms with van der Waals surface area (Å²) in [4.78, 5) is 24.9. The zero-order chi connectivity index (χ0) is 17.6. The molecule has 0 saturated heterocycles. The second-order valence-corrected chi connectivity index (χ2v) is 6.25. The molecule has 2 aromatic rings. The topological polar surface area (TPSA) is 69.6 Å². The summed E-state index contributed by atoms with van der Waals surface area (Å²) in [5, 5.41) is 11.7. The van der Waals surface area contributed by atoms with Crippen molar-refractivity contribution in [1.82, 2.24) is 5.32 Å². The number of amides is 2. The van der Waals surface area contributed by atoms with Crippen molar-refractivity contribution in [3.05, 3.63) is 65.2 Å². The van der Waals surface area contributed by atoms with Gasteiger partial charge >= 0.3 is 12.0 Å². The predicted molar refractivity (Wildman–Crippen MR) is 96.7 cm³/mol. The predicted octanol–water partition coefficient (Wildman–Crippen LogP) is 3.37. The van der Waals surface area contributed by atoms with E-state index in [-0.39, 0.29) is 12.5 Å². The minimum atomic E-state index is -0.793. The maximum atomic E-state index is 12.5. The van der Waals surface area contributed by atoms with Crippen LogP contribution < -0.4 is 10.2 Å². The molecule has 5 nitrogen and oxygen atoms in total. The molecule has 3 rings (SSSR count). The van der Waals surface area contributed by atoms with Gasteiger partial charge in [0, 0.05) is 25.2 Å². The number of carbonyl (C=O) groups is 2. The first-order valence-corrected chi connectivity index (χ1v) is 8.56. The monoisotopic (exact) mass is 338 g/mol. The number of hydrogen-bond donors (Lipinski definition) is 2. The third kappa shape index (κ3) is 4.38. The van der Waals surface area contributed by atoms with Crippen LogP contribution >= 0.6 is 0 Å². The van der Waals surface area contributed by atoms with E-state index in [0.29, 0.717) is 13.0 Å². The molecule has 2 N–H and O–H groups in total. The summed E-state index contributed by atoms with van der Waals surface area (Å²) in [5.41, 5.74) is 4.20. The first-order chi connectivity index (χ1) is 12.1. The Morgan fingerprint density at radius 3 is 2.52 bits per heavy atom. The number of nitrogens with zero attached hydrogens (tertiary/aromatic N) is 1.